The van der Waals surface area contributed by atoms with Crippen LogP contribution < -0.4 is 4.72 Å². The summed E-state index contributed by atoms with van der Waals surface area (Å²) in [4.78, 5) is 7.60. The third-order valence-electron chi connectivity index (χ3n) is 2.11. The van der Waals surface area contributed by atoms with Gasteiger partial charge in [-0.25, -0.2) is 4.98 Å². The van der Waals surface area contributed by atoms with Gasteiger partial charge in [-0.15, -0.1) is 0 Å². The summed E-state index contributed by atoms with van der Waals surface area (Å²) in [6.45, 7) is 0. The smallest absolute Gasteiger partial charge is 0.282 e. The molecule has 18 heavy (non-hydrogen) atoms. The van der Waals surface area contributed by atoms with E-state index in [1.54, 1.807) is 7.05 Å². The first kappa shape index (κ1) is 13.3. The average molecular weight is 352 g/mol. The molecule has 0 saturated heterocycles. The number of rotatable bonds is 3. The third kappa shape index (κ3) is 2.50. The molecule has 0 fully saturated rings. The van der Waals surface area contributed by atoms with Crippen LogP contribution in [0.25, 0.3) is 0 Å². The van der Waals surface area contributed by atoms with Gasteiger partial charge in [-0.1, -0.05) is 11.6 Å². The molecule has 6 nitrogen and oxygen atoms in total. The Bertz CT molecular complexity index is 686. The van der Waals surface area contributed by atoms with Crippen molar-refractivity contribution in [1.82, 2.24) is 14.5 Å². The number of pyridine rings is 1. The van der Waals surface area contributed by atoms with Gasteiger partial charge in [0, 0.05) is 19.4 Å². The highest BCUT2D eigenvalue weighted by Crippen LogP contribution is 2.25. The van der Waals surface area contributed by atoms with Crippen LogP contribution in [0.1, 0.15) is 0 Å². The molecule has 0 bridgehead atoms. The number of aromatic nitrogens is 3. The second-order valence-corrected chi connectivity index (χ2v) is 6.22. The van der Waals surface area contributed by atoms with Crippen molar-refractivity contribution in [3.05, 3.63) is 34.4 Å². The topological polar surface area (TPSA) is 76.9 Å². The lowest BCUT2D eigenvalue weighted by Crippen LogP contribution is -2.14. The second-order valence-electron chi connectivity index (χ2n) is 3.41. The Morgan fingerprint density at radius 2 is 2.22 bits per heavy atom. The summed E-state index contributed by atoms with van der Waals surface area (Å²) in [5, 5.41) is -0.164. The number of imidazole rings is 1. The summed E-state index contributed by atoms with van der Waals surface area (Å²) in [6.07, 6.45) is 4.29. The lowest BCUT2D eigenvalue weighted by molar-refractivity contribution is 0.598. The zero-order valence-electron chi connectivity index (χ0n) is 9.13. The van der Waals surface area contributed by atoms with Gasteiger partial charge in [0.25, 0.3) is 10.0 Å². The maximum Gasteiger partial charge on any atom is 0.282 e. The second kappa shape index (κ2) is 4.87. The highest BCUT2D eigenvalue weighted by molar-refractivity contribution is 9.10. The van der Waals surface area contributed by atoms with Crippen LogP contribution in [0, 0.1) is 0 Å². The standard InChI is InChI=1S/C9H8BrClN4O2S/c1-15-5-13-9(8(15)11)18(16,17)14-7-2-3-12-4-6(7)10/h2-5H,1H3,(H,12,14). The van der Waals surface area contributed by atoms with Crippen molar-refractivity contribution >= 4 is 43.2 Å². The number of anilines is 1. The maximum absolute atomic E-state index is 12.1. The van der Waals surface area contributed by atoms with Crippen molar-refractivity contribution < 1.29 is 8.42 Å². The SMILES string of the molecule is Cn1cnc(S(=O)(=O)Nc2ccncc2Br)c1Cl. The van der Waals surface area contributed by atoms with Crippen molar-refractivity contribution in [2.45, 2.75) is 5.03 Å². The van der Waals surface area contributed by atoms with Gasteiger partial charge in [0.15, 0.2) is 0 Å². The summed E-state index contributed by atoms with van der Waals surface area (Å²) >= 11 is 9.05. The molecule has 1 N–H and O–H groups in total. The Labute approximate surface area is 117 Å². The summed E-state index contributed by atoms with van der Waals surface area (Å²) in [5.41, 5.74) is 0.367. The predicted octanol–water partition coefficient (Wildman–Crippen LogP) is 2.03. The van der Waals surface area contributed by atoms with Gasteiger partial charge < -0.3 is 4.57 Å². The average Bonchev–Trinajstić information content (AvgIpc) is 2.63. The molecule has 0 aromatic carbocycles. The zero-order chi connectivity index (χ0) is 13.3. The van der Waals surface area contributed by atoms with Crippen LogP contribution in [0.2, 0.25) is 5.15 Å². The van der Waals surface area contributed by atoms with Crippen LogP contribution in [0.3, 0.4) is 0 Å². The predicted molar refractivity (Wildman–Crippen MR) is 71.0 cm³/mol. The zero-order valence-corrected chi connectivity index (χ0v) is 12.3. The molecule has 0 radical (unpaired) electrons. The molecule has 2 rings (SSSR count). The Morgan fingerprint density at radius 3 is 2.78 bits per heavy atom. The van der Waals surface area contributed by atoms with Gasteiger partial charge in [-0.05, 0) is 22.0 Å². The van der Waals surface area contributed by atoms with Crippen LogP contribution in [-0.4, -0.2) is 23.0 Å². The fourth-order valence-electron chi connectivity index (χ4n) is 1.23. The van der Waals surface area contributed by atoms with Crippen LogP contribution in [-0.2, 0) is 17.1 Å². The van der Waals surface area contributed by atoms with Gasteiger partial charge in [0.1, 0.15) is 5.15 Å². The molecule has 0 aliphatic carbocycles. The number of hydrogen-bond donors (Lipinski definition) is 1. The molecular weight excluding hydrogens is 344 g/mol. The van der Waals surface area contributed by atoms with E-state index in [2.05, 4.69) is 30.6 Å². The molecule has 96 valence electrons. The highest BCUT2D eigenvalue weighted by Gasteiger charge is 2.23. The molecule has 2 aromatic rings. The first-order valence-electron chi connectivity index (χ1n) is 4.71. The Morgan fingerprint density at radius 1 is 1.50 bits per heavy atom. The van der Waals surface area contributed by atoms with Gasteiger partial charge >= 0.3 is 0 Å². The quantitative estimate of drug-likeness (QED) is 0.918. The number of nitrogens with zero attached hydrogens (tertiary/aromatic N) is 3. The minimum absolute atomic E-state index is 0.0488. The molecule has 0 spiro atoms. The van der Waals surface area contributed by atoms with E-state index >= 15 is 0 Å². The summed E-state index contributed by atoms with van der Waals surface area (Å²) < 4.78 is 28.5. The molecule has 0 unspecified atom stereocenters. The molecule has 0 aliphatic heterocycles. The van der Waals surface area contributed by atoms with Crippen molar-refractivity contribution in [2.24, 2.45) is 7.05 Å². The van der Waals surface area contributed by atoms with E-state index in [1.807, 2.05) is 0 Å². The lowest BCUT2D eigenvalue weighted by Gasteiger charge is -2.07. The highest BCUT2D eigenvalue weighted by atomic mass is 79.9. The minimum Gasteiger partial charge on any atom is -0.324 e. The van der Waals surface area contributed by atoms with Crippen LogP contribution in [0.5, 0.6) is 0 Å². The van der Waals surface area contributed by atoms with E-state index in [0.29, 0.717) is 10.2 Å². The van der Waals surface area contributed by atoms with Gasteiger partial charge in [0.05, 0.1) is 16.5 Å². The van der Waals surface area contributed by atoms with Crippen LogP contribution in [0.4, 0.5) is 5.69 Å². The van der Waals surface area contributed by atoms with Gasteiger partial charge in [-0.2, -0.15) is 8.42 Å². The number of hydrogen-bond acceptors (Lipinski definition) is 4. The fourth-order valence-corrected chi connectivity index (χ4v) is 3.22. The summed E-state index contributed by atoms with van der Waals surface area (Å²) in [6, 6.07) is 1.53. The lowest BCUT2D eigenvalue weighted by atomic mass is 10.4. The van der Waals surface area contributed by atoms with Crippen molar-refractivity contribution in [2.75, 3.05) is 4.72 Å². The van der Waals surface area contributed by atoms with Crippen LogP contribution in [0.15, 0.2) is 34.3 Å². The van der Waals surface area contributed by atoms with E-state index in [-0.39, 0.29) is 10.2 Å². The summed E-state index contributed by atoms with van der Waals surface area (Å²) in [7, 11) is -2.21. The molecule has 0 saturated carbocycles. The molecule has 0 atom stereocenters. The Kier molecular flexibility index (Phi) is 3.60. The monoisotopic (exact) mass is 350 g/mol. The first-order chi connectivity index (χ1) is 8.42. The molecule has 2 heterocycles. The first-order valence-corrected chi connectivity index (χ1v) is 7.36. The van der Waals surface area contributed by atoms with Crippen molar-refractivity contribution in [3.8, 4) is 0 Å². The Hall–Kier alpha value is -1.12. The largest absolute Gasteiger partial charge is 0.324 e. The van der Waals surface area contributed by atoms with E-state index in [1.165, 1.54) is 29.4 Å². The number of halogens is 2. The van der Waals surface area contributed by atoms with Crippen molar-refractivity contribution in [1.29, 1.82) is 0 Å². The number of aryl methyl sites for hydroxylation is 1. The van der Waals surface area contributed by atoms with E-state index < -0.39 is 10.0 Å². The van der Waals surface area contributed by atoms with E-state index in [0.717, 1.165) is 0 Å². The van der Waals surface area contributed by atoms with Crippen LogP contribution >= 0.6 is 27.5 Å². The number of sulfonamides is 1. The molecule has 2 aromatic heterocycles. The summed E-state index contributed by atoms with van der Waals surface area (Å²) in [5.74, 6) is 0. The molecule has 0 amide bonds. The minimum atomic E-state index is -3.82. The van der Waals surface area contributed by atoms with Crippen molar-refractivity contribution in [3.63, 3.8) is 0 Å². The van der Waals surface area contributed by atoms with Gasteiger partial charge in [0.2, 0.25) is 5.03 Å². The fraction of sp³-hybridized carbons (Fsp3) is 0.111. The van der Waals surface area contributed by atoms with Gasteiger partial charge in [-0.3, -0.25) is 9.71 Å². The molecule has 0 aliphatic rings. The molecule has 9 heteroatoms. The molecular formula is C9H8BrClN4O2S. The van der Waals surface area contributed by atoms with E-state index in [4.69, 9.17) is 11.6 Å². The Balaban J connectivity index is 2.40. The maximum atomic E-state index is 12.1. The third-order valence-corrected chi connectivity index (χ3v) is 4.59. The normalized spacial score (nSPS) is 11.5. The number of nitrogens with one attached hydrogen (secondary N) is 1. The van der Waals surface area contributed by atoms with E-state index in [9.17, 15) is 8.42 Å².